The van der Waals surface area contributed by atoms with Gasteiger partial charge < -0.3 is 5.32 Å². The summed E-state index contributed by atoms with van der Waals surface area (Å²) in [5, 5.41) is 12.4. The molecular weight excluding hydrogens is 456 g/mol. The van der Waals surface area contributed by atoms with Gasteiger partial charge in [0.05, 0.1) is 10.6 Å². The molecule has 0 bridgehead atoms. The number of nitrogens with one attached hydrogen (secondary N) is 3. The lowest BCUT2D eigenvalue weighted by atomic mass is 9.96. The number of thiazole rings is 1. The Morgan fingerprint density at radius 2 is 1.97 bits per heavy atom. The molecule has 4 rings (SSSR count). The van der Waals surface area contributed by atoms with E-state index < -0.39 is 10.0 Å². The van der Waals surface area contributed by atoms with Crippen LogP contribution in [-0.4, -0.2) is 46.3 Å². The molecule has 164 valence electrons. The van der Waals surface area contributed by atoms with Crippen molar-refractivity contribution in [1.29, 1.82) is 0 Å². The minimum absolute atomic E-state index is 0.0140. The van der Waals surface area contributed by atoms with E-state index >= 15 is 0 Å². The minimum atomic E-state index is -3.54. The summed E-state index contributed by atoms with van der Waals surface area (Å²) in [4.78, 5) is 20.5. The third kappa shape index (κ3) is 5.91. The highest BCUT2D eigenvalue weighted by atomic mass is 32.2. The topological polar surface area (TPSA) is 130 Å². The fourth-order valence-corrected chi connectivity index (χ4v) is 5.76. The van der Waals surface area contributed by atoms with Crippen molar-refractivity contribution in [3.8, 4) is 11.4 Å². The van der Waals surface area contributed by atoms with Crippen molar-refractivity contribution in [1.82, 2.24) is 24.9 Å². The molecule has 2 heterocycles. The predicted molar refractivity (Wildman–Crippen MR) is 120 cm³/mol. The highest BCUT2D eigenvalue weighted by Gasteiger charge is 2.22. The number of rotatable bonds is 8. The highest BCUT2D eigenvalue weighted by molar-refractivity contribution is 7.99. The zero-order valence-electron chi connectivity index (χ0n) is 16.6. The molecule has 0 unspecified atom stereocenters. The Morgan fingerprint density at radius 1 is 1.19 bits per heavy atom. The van der Waals surface area contributed by atoms with Crippen molar-refractivity contribution < 1.29 is 13.2 Å². The molecule has 0 radical (unpaired) electrons. The van der Waals surface area contributed by atoms with Gasteiger partial charge in [-0.1, -0.05) is 31.0 Å². The van der Waals surface area contributed by atoms with Crippen LogP contribution in [0.4, 0.5) is 5.13 Å². The number of aromatic amines is 1. The SMILES string of the molecule is O=C(CSc1n[nH]c(-c2ccc(S(=O)(=O)NC3CCCCC3)cc2)n1)Nc1nccs1. The Hall–Kier alpha value is -2.28. The molecule has 3 N–H and O–H groups in total. The number of anilines is 1. The van der Waals surface area contributed by atoms with E-state index in [9.17, 15) is 13.2 Å². The second-order valence-electron chi connectivity index (χ2n) is 7.12. The summed E-state index contributed by atoms with van der Waals surface area (Å²) in [6.45, 7) is 0. The van der Waals surface area contributed by atoms with Crippen molar-refractivity contribution in [2.75, 3.05) is 11.1 Å². The standard InChI is InChI=1S/C19H22N6O3S3/c26-16(21-18-20-10-11-29-18)12-30-19-22-17(23-24-19)13-6-8-15(9-7-13)31(27,28)25-14-4-2-1-3-5-14/h6-11,14,25H,1-5,12H2,(H,20,21,26)(H,22,23,24). The van der Waals surface area contributed by atoms with Crippen LogP contribution >= 0.6 is 23.1 Å². The molecule has 1 saturated carbocycles. The fourth-order valence-electron chi connectivity index (χ4n) is 3.31. The number of carbonyl (C=O) groups is 1. The van der Waals surface area contributed by atoms with Crippen LogP contribution < -0.4 is 10.0 Å². The Kier molecular flexibility index (Phi) is 7.00. The molecule has 1 amide bonds. The number of sulfonamides is 1. The summed E-state index contributed by atoms with van der Waals surface area (Å²) in [6, 6.07) is 6.54. The average Bonchev–Trinajstić information content (AvgIpc) is 3.45. The first-order valence-corrected chi connectivity index (χ1v) is 13.2. The molecule has 0 saturated heterocycles. The van der Waals surface area contributed by atoms with Crippen molar-refractivity contribution in [2.24, 2.45) is 0 Å². The molecule has 1 aliphatic rings. The van der Waals surface area contributed by atoms with E-state index in [0.717, 1.165) is 25.7 Å². The van der Waals surface area contributed by atoms with E-state index in [1.165, 1.54) is 29.5 Å². The lowest BCUT2D eigenvalue weighted by molar-refractivity contribution is -0.113. The highest BCUT2D eigenvalue weighted by Crippen LogP contribution is 2.23. The van der Waals surface area contributed by atoms with Crippen LogP contribution in [0, 0.1) is 0 Å². The molecule has 31 heavy (non-hydrogen) atoms. The first kappa shape index (κ1) is 21.9. The van der Waals surface area contributed by atoms with Crippen LogP contribution in [-0.2, 0) is 14.8 Å². The molecule has 0 spiro atoms. The van der Waals surface area contributed by atoms with Gasteiger partial charge >= 0.3 is 0 Å². The third-order valence-electron chi connectivity index (χ3n) is 4.84. The number of amides is 1. The van der Waals surface area contributed by atoms with Gasteiger partial charge in [0.15, 0.2) is 11.0 Å². The van der Waals surface area contributed by atoms with Gasteiger partial charge in [-0.3, -0.25) is 9.89 Å². The smallest absolute Gasteiger partial charge is 0.240 e. The number of H-pyrrole nitrogens is 1. The van der Waals surface area contributed by atoms with Crippen LogP contribution in [0.15, 0.2) is 45.9 Å². The molecular formula is C19H22N6O3S3. The number of aromatic nitrogens is 4. The molecule has 1 fully saturated rings. The Bertz CT molecular complexity index is 1110. The monoisotopic (exact) mass is 478 g/mol. The van der Waals surface area contributed by atoms with E-state index in [-0.39, 0.29) is 22.6 Å². The number of nitrogens with zero attached hydrogens (tertiary/aromatic N) is 3. The van der Waals surface area contributed by atoms with E-state index in [0.29, 0.717) is 21.7 Å². The Balaban J connectivity index is 1.34. The number of carbonyl (C=O) groups excluding carboxylic acids is 1. The summed E-state index contributed by atoms with van der Waals surface area (Å²) in [6.07, 6.45) is 6.68. The van der Waals surface area contributed by atoms with Crippen molar-refractivity contribution >= 4 is 44.2 Å². The minimum Gasteiger partial charge on any atom is -0.301 e. The normalized spacial score (nSPS) is 15.1. The van der Waals surface area contributed by atoms with Crippen LogP contribution in [0.25, 0.3) is 11.4 Å². The summed E-state index contributed by atoms with van der Waals surface area (Å²) >= 11 is 2.55. The molecule has 1 aliphatic carbocycles. The lowest BCUT2D eigenvalue weighted by Crippen LogP contribution is -2.36. The van der Waals surface area contributed by atoms with Gasteiger partial charge in [0.25, 0.3) is 0 Å². The second kappa shape index (κ2) is 9.90. The number of thioether (sulfide) groups is 1. The first-order chi connectivity index (χ1) is 15.0. The molecule has 3 aromatic rings. The largest absolute Gasteiger partial charge is 0.301 e. The number of benzene rings is 1. The maximum absolute atomic E-state index is 12.6. The van der Waals surface area contributed by atoms with Gasteiger partial charge in [0.2, 0.25) is 21.1 Å². The van der Waals surface area contributed by atoms with Crippen LogP contribution in [0.5, 0.6) is 0 Å². The van der Waals surface area contributed by atoms with E-state index in [2.05, 4.69) is 30.2 Å². The van der Waals surface area contributed by atoms with Gasteiger partial charge in [0.1, 0.15) is 0 Å². The quantitative estimate of drug-likeness (QED) is 0.424. The molecule has 1 aromatic carbocycles. The summed E-state index contributed by atoms with van der Waals surface area (Å²) in [5.41, 5.74) is 0.711. The van der Waals surface area contributed by atoms with Gasteiger partial charge in [-0.25, -0.2) is 23.1 Å². The Labute approximate surface area is 188 Å². The van der Waals surface area contributed by atoms with E-state index in [4.69, 9.17) is 0 Å². The molecule has 0 aliphatic heterocycles. The van der Waals surface area contributed by atoms with Crippen LogP contribution in [0.2, 0.25) is 0 Å². The zero-order valence-corrected chi connectivity index (χ0v) is 19.0. The van der Waals surface area contributed by atoms with Crippen LogP contribution in [0.1, 0.15) is 32.1 Å². The summed E-state index contributed by atoms with van der Waals surface area (Å²) < 4.78 is 28.1. The fraction of sp³-hybridized carbons (Fsp3) is 0.368. The van der Waals surface area contributed by atoms with Gasteiger partial charge in [0, 0.05) is 23.2 Å². The van der Waals surface area contributed by atoms with Crippen LogP contribution in [0.3, 0.4) is 0 Å². The zero-order chi connectivity index (χ0) is 21.7. The average molecular weight is 479 g/mol. The maximum atomic E-state index is 12.6. The van der Waals surface area contributed by atoms with Gasteiger partial charge in [-0.2, -0.15) is 0 Å². The summed E-state index contributed by atoms with van der Waals surface area (Å²) in [7, 11) is -3.54. The maximum Gasteiger partial charge on any atom is 0.240 e. The first-order valence-electron chi connectivity index (χ1n) is 9.87. The molecule has 0 atom stereocenters. The van der Waals surface area contributed by atoms with Crippen molar-refractivity contribution in [3.05, 3.63) is 35.8 Å². The van der Waals surface area contributed by atoms with Gasteiger partial charge in [-0.15, -0.1) is 16.4 Å². The Morgan fingerprint density at radius 3 is 2.68 bits per heavy atom. The summed E-state index contributed by atoms with van der Waals surface area (Å²) in [5.74, 6) is 0.472. The van der Waals surface area contributed by atoms with E-state index in [1.54, 1.807) is 35.8 Å². The third-order valence-corrected chi connectivity index (χ3v) is 7.91. The van der Waals surface area contributed by atoms with Crippen molar-refractivity contribution in [3.63, 3.8) is 0 Å². The second-order valence-corrected chi connectivity index (χ2v) is 10.7. The number of hydrogen-bond donors (Lipinski definition) is 3. The molecule has 2 aromatic heterocycles. The van der Waals surface area contributed by atoms with E-state index in [1.807, 2.05) is 0 Å². The number of hydrogen-bond acceptors (Lipinski definition) is 8. The lowest BCUT2D eigenvalue weighted by Gasteiger charge is -2.22. The van der Waals surface area contributed by atoms with Gasteiger partial charge in [-0.05, 0) is 37.1 Å². The molecule has 12 heteroatoms. The van der Waals surface area contributed by atoms with Crippen molar-refractivity contribution in [2.45, 2.75) is 48.2 Å². The molecule has 9 nitrogen and oxygen atoms in total. The predicted octanol–water partition coefficient (Wildman–Crippen LogP) is 3.27.